The zero-order valence-corrected chi connectivity index (χ0v) is 18.6. The normalized spacial score (nSPS) is 25.7. The SMILES string of the molecule is CN1C(N)=NC2(c3cc(NC(=O)c4cnc(C(F)(F)F)cn4)ccc3F)COC(CF)C2S1(=O)=O. The van der Waals surface area contributed by atoms with Crippen molar-refractivity contribution in [1.82, 2.24) is 14.3 Å². The summed E-state index contributed by atoms with van der Waals surface area (Å²) in [4.78, 5) is 23.2. The molecule has 3 N–H and O–H groups in total. The first kappa shape index (κ1) is 24.7. The Hall–Kier alpha value is -3.40. The first-order valence-corrected chi connectivity index (χ1v) is 11.3. The average molecular weight is 520 g/mol. The number of hydrogen-bond donors (Lipinski definition) is 2. The van der Waals surface area contributed by atoms with Crippen LogP contribution in [0, 0.1) is 5.82 Å². The molecule has 16 heteroatoms. The second kappa shape index (κ2) is 8.37. The fourth-order valence-corrected chi connectivity index (χ4v) is 5.88. The summed E-state index contributed by atoms with van der Waals surface area (Å²) in [6.45, 7) is -1.71. The number of carbonyl (C=O) groups excluding carboxylic acids is 1. The van der Waals surface area contributed by atoms with Crippen LogP contribution >= 0.6 is 0 Å². The Morgan fingerprint density at radius 2 is 2.03 bits per heavy atom. The van der Waals surface area contributed by atoms with E-state index in [9.17, 15) is 30.8 Å². The summed E-state index contributed by atoms with van der Waals surface area (Å²) in [7, 11) is -3.20. The summed E-state index contributed by atoms with van der Waals surface area (Å²) >= 11 is 0. The number of hydrogen-bond acceptors (Lipinski definition) is 8. The maximum Gasteiger partial charge on any atom is 0.434 e. The van der Waals surface area contributed by atoms with E-state index in [0.717, 1.165) is 25.2 Å². The van der Waals surface area contributed by atoms with Crippen molar-refractivity contribution in [1.29, 1.82) is 0 Å². The van der Waals surface area contributed by atoms with Crippen LogP contribution in [0.25, 0.3) is 0 Å². The zero-order chi connectivity index (χ0) is 25.8. The van der Waals surface area contributed by atoms with Crippen LogP contribution in [0.4, 0.5) is 27.6 Å². The molecule has 35 heavy (non-hydrogen) atoms. The second-order valence-electron chi connectivity index (χ2n) is 7.76. The number of ether oxygens (including phenoxy) is 1. The molecule has 0 radical (unpaired) electrons. The molecule has 3 atom stereocenters. The lowest BCUT2D eigenvalue weighted by Gasteiger charge is -2.39. The number of alkyl halides is 4. The summed E-state index contributed by atoms with van der Waals surface area (Å²) in [5.74, 6) is -2.37. The third-order valence-electron chi connectivity index (χ3n) is 5.68. The monoisotopic (exact) mass is 520 g/mol. The van der Waals surface area contributed by atoms with Crippen molar-refractivity contribution in [3.8, 4) is 0 Å². The van der Waals surface area contributed by atoms with Gasteiger partial charge in [-0.2, -0.15) is 13.2 Å². The fraction of sp³-hybridized carbons (Fsp3) is 0.368. The van der Waals surface area contributed by atoms with Gasteiger partial charge in [0.1, 0.15) is 35.1 Å². The summed E-state index contributed by atoms with van der Waals surface area (Å²) in [5, 5.41) is 0.668. The van der Waals surface area contributed by atoms with E-state index in [2.05, 4.69) is 20.3 Å². The largest absolute Gasteiger partial charge is 0.434 e. The number of aromatic nitrogens is 2. The summed E-state index contributed by atoms with van der Waals surface area (Å²) in [6.07, 6.45) is -5.22. The van der Waals surface area contributed by atoms with E-state index < -0.39 is 75.4 Å². The molecule has 4 rings (SSSR count). The highest BCUT2D eigenvalue weighted by Gasteiger charge is 2.62. The molecule has 1 aromatic heterocycles. The van der Waals surface area contributed by atoms with Crippen LogP contribution in [-0.2, 0) is 26.5 Å². The number of rotatable bonds is 4. The number of carbonyl (C=O) groups is 1. The smallest absolute Gasteiger partial charge is 0.371 e. The Morgan fingerprint density at radius 1 is 1.31 bits per heavy atom. The third-order valence-corrected chi connectivity index (χ3v) is 7.97. The van der Waals surface area contributed by atoms with Gasteiger partial charge in [-0.15, -0.1) is 0 Å². The number of aliphatic imine (C=N–C) groups is 1. The van der Waals surface area contributed by atoms with Gasteiger partial charge in [-0.25, -0.2) is 36.5 Å². The number of halogens is 5. The summed E-state index contributed by atoms with van der Waals surface area (Å²) in [6, 6.07) is 3.10. The van der Waals surface area contributed by atoms with Crippen LogP contribution in [0.2, 0.25) is 0 Å². The van der Waals surface area contributed by atoms with Crippen LogP contribution in [0.5, 0.6) is 0 Å². The van der Waals surface area contributed by atoms with Gasteiger partial charge in [-0.1, -0.05) is 0 Å². The molecule has 188 valence electrons. The topological polar surface area (TPSA) is 140 Å². The number of anilines is 1. The molecule has 0 aliphatic carbocycles. The number of nitrogens with one attached hydrogen (secondary N) is 1. The molecule has 0 saturated carbocycles. The molecule has 2 aliphatic rings. The highest BCUT2D eigenvalue weighted by molar-refractivity contribution is 7.90. The molecular weight excluding hydrogens is 503 g/mol. The van der Waals surface area contributed by atoms with Crippen molar-refractivity contribution in [3.63, 3.8) is 0 Å². The van der Waals surface area contributed by atoms with Crippen LogP contribution in [0.15, 0.2) is 35.6 Å². The van der Waals surface area contributed by atoms with Crippen molar-refractivity contribution in [2.75, 3.05) is 25.6 Å². The van der Waals surface area contributed by atoms with Gasteiger partial charge in [-0.05, 0) is 18.2 Å². The van der Waals surface area contributed by atoms with Crippen LogP contribution in [0.3, 0.4) is 0 Å². The molecule has 3 heterocycles. The average Bonchev–Trinajstić information content (AvgIpc) is 3.19. The molecule has 10 nitrogen and oxygen atoms in total. The van der Waals surface area contributed by atoms with E-state index in [-0.39, 0.29) is 11.3 Å². The van der Waals surface area contributed by atoms with E-state index in [1.165, 1.54) is 0 Å². The predicted molar refractivity (Wildman–Crippen MR) is 111 cm³/mol. The third kappa shape index (κ3) is 4.05. The standard InChI is InChI=1S/C19H17F5N6O4S/c1-30-17(25)29-18(8-34-13(5-20)15(18)35(30,32)33)10-4-9(2-3-11(10)21)28-16(31)12-6-27-14(7-26-12)19(22,23)24/h2-4,6-7,13,15H,5,8H2,1H3,(H2,25,29)(H,28,31). The number of sulfonamides is 1. The van der Waals surface area contributed by atoms with E-state index in [1.54, 1.807) is 0 Å². The molecule has 0 spiro atoms. The fourth-order valence-electron chi connectivity index (χ4n) is 3.96. The summed E-state index contributed by atoms with van der Waals surface area (Å²) in [5.41, 5.74) is 1.63. The van der Waals surface area contributed by atoms with E-state index >= 15 is 4.39 Å². The molecule has 2 aliphatic heterocycles. The van der Waals surface area contributed by atoms with Crippen LogP contribution in [-0.4, -0.2) is 66.2 Å². The number of benzene rings is 1. The number of amides is 1. The van der Waals surface area contributed by atoms with Gasteiger partial charge in [0.15, 0.2) is 5.69 Å². The Balaban J connectivity index is 1.72. The van der Waals surface area contributed by atoms with Gasteiger partial charge < -0.3 is 15.8 Å². The zero-order valence-electron chi connectivity index (χ0n) is 17.8. The summed E-state index contributed by atoms with van der Waals surface area (Å²) < 4.78 is 98.7. The Labute approximate surface area is 195 Å². The minimum atomic E-state index is -4.75. The number of fused-ring (bicyclic) bond motifs is 1. The molecule has 1 fully saturated rings. The van der Waals surface area contributed by atoms with Gasteiger partial charge in [0.2, 0.25) is 16.0 Å². The van der Waals surface area contributed by atoms with Crippen molar-refractivity contribution < 1.29 is 39.9 Å². The second-order valence-corrected chi connectivity index (χ2v) is 9.85. The molecular formula is C19H17F5N6O4S. The van der Waals surface area contributed by atoms with Gasteiger partial charge in [-0.3, -0.25) is 4.79 Å². The highest BCUT2D eigenvalue weighted by Crippen LogP contribution is 2.46. The lowest BCUT2D eigenvalue weighted by Crippen LogP contribution is -2.59. The number of guanidine groups is 1. The molecule has 1 amide bonds. The van der Waals surface area contributed by atoms with E-state index in [0.29, 0.717) is 16.7 Å². The Kier molecular flexibility index (Phi) is 5.91. The molecule has 1 aromatic carbocycles. The molecule has 2 aromatic rings. The minimum Gasteiger partial charge on any atom is -0.371 e. The van der Waals surface area contributed by atoms with Crippen molar-refractivity contribution >= 4 is 27.6 Å². The first-order chi connectivity index (χ1) is 16.3. The minimum absolute atomic E-state index is 0.0741. The van der Waals surface area contributed by atoms with Crippen LogP contribution < -0.4 is 11.1 Å². The lowest BCUT2D eigenvalue weighted by molar-refractivity contribution is -0.141. The Bertz CT molecular complexity index is 1300. The number of nitrogens with zero attached hydrogens (tertiary/aromatic N) is 4. The molecule has 0 bridgehead atoms. The van der Waals surface area contributed by atoms with Crippen molar-refractivity contribution in [2.24, 2.45) is 10.7 Å². The van der Waals surface area contributed by atoms with Gasteiger partial charge >= 0.3 is 6.18 Å². The Morgan fingerprint density at radius 3 is 2.63 bits per heavy atom. The van der Waals surface area contributed by atoms with Gasteiger partial charge in [0.25, 0.3) is 5.91 Å². The van der Waals surface area contributed by atoms with Crippen molar-refractivity contribution in [2.45, 2.75) is 23.1 Å². The molecule has 1 saturated heterocycles. The number of nitrogens with two attached hydrogens (primary N) is 1. The predicted octanol–water partition coefficient (Wildman–Crippen LogP) is 1.41. The van der Waals surface area contributed by atoms with Crippen LogP contribution in [0.1, 0.15) is 21.7 Å². The maximum absolute atomic E-state index is 15.0. The molecule has 3 unspecified atom stereocenters. The lowest BCUT2D eigenvalue weighted by atomic mass is 9.86. The first-order valence-electron chi connectivity index (χ1n) is 9.82. The van der Waals surface area contributed by atoms with Gasteiger partial charge in [0.05, 0.1) is 19.0 Å². The van der Waals surface area contributed by atoms with E-state index in [1.807, 2.05) is 0 Å². The van der Waals surface area contributed by atoms with Gasteiger partial charge in [0, 0.05) is 18.3 Å². The van der Waals surface area contributed by atoms with Crippen molar-refractivity contribution in [3.05, 3.63) is 53.4 Å². The van der Waals surface area contributed by atoms with E-state index in [4.69, 9.17) is 10.5 Å². The highest BCUT2D eigenvalue weighted by atomic mass is 32.2. The maximum atomic E-state index is 15.0. The quantitative estimate of drug-likeness (QED) is 0.581.